The van der Waals surface area contributed by atoms with Crippen LogP contribution < -0.4 is 0 Å². The molecule has 0 aromatic carbocycles. The summed E-state index contributed by atoms with van der Waals surface area (Å²) >= 11 is 0. The molecule has 0 radical (unpaired) electrons. The average molecular weight is 343 g/mol. The minimum atomic E-state index is -0.948. The molecule has 1 N–H and O–H groups in total. The van der Waals surface area contributed by atoms with E-state index in [0.717, 1.165) is 37.1 Å². The number of aromatic nitrogens is 4. The average Bonchev–Trinajstić information content (AvgIpc) is 3.15. The number of hydrogen-bond donors (Lipinski definition) is 1. The van der Waals surface area contributed by atoms with Gasteiger partial charge in [-0.15, -0.1) is 5.10 Å². The molecule has 3 atom stereocenters. The van der Waals surface area contributed by atoms with Crippen LogP contribution in [-0.4, -0.2) is 53.5 Å². The van der Waals surface area contributed by atoms with Crippen molar-refractivity contribution in [2.45, 2.75) is 58.0 Å². The molecule has 2 aromatic rings. The molecule has 8 heteroatoms. The summed E-state index contributed by atoms with van der Waals surface area (Å²) in [4.78, 5) is 34.9. The molecule has 1 saturated heterocycles. The van der Waals surface area contributed by atoms with E-state index >= 15 is 0 Å². The second-order valence-corrected chi connectivity index (χ2v) is 7.10. The van der Waals surface area contributed by atoms with Crippen molar-refractivity contribution in [3.05, 3.63) is 23.3 Å². The Morgan fingerprint density at radius 2 is 1.96 bits per heavy atom. The molecule has 8 nitrogen and oxygen atoms in total. The number of hydrogen-bond acceptors (Lipinski definition) is 5. The maximum Gasteiger partial charge on any atom is 0.326 e. The first kappa shape index (κ1) is 16.0. The molecule has 0 spiro atoms. The van der Waals surface area contributed by atoms with E-state index in [2.05, 4.69) is 15.1 Å². The summed E-state index contributed by atoms with van der Waals surface area (Å²) in [7, 11) is 0. The number of fused-ring (bicyclic) bond motifs is 2. The predicted octanol–water partition coefficient (Wildman–Crippen LogP) is 1.60. The Morgan fingerprint density at radius 1 is 1.20 bits per heavy atom. The molecular weight excluding hydrogens is 322 g/mol. The lowest BCUT2D eigenvalue weighted by atomic mass is 9.85. The lowest BCUT2D eigenvalue weighted by Crippen LogP contribution is -2.46. The number of nitrogens with zero attached hydrogens (tertiary/aromatic N) is 5. The zero-order valence-corrected chi connectivity index (χ0v) is 14.3. The first-order valence-corrected chi connectivity index (χ1v) is 8.72. The lowest BCUT2D eigenvalue weighted by molar-refractivity contribution is -0.141. The third kappa shape index (κ3) is 2.56. The van der Waals surface area contributed by atoms with Gasteiger partial charge >= 0.3 is 5.97 Å². The minimum absolute atomic E-state index is 0.0234. The maximum atomic E-state index is 13.1. The molecular formula is C17H21N5O3. The lowest BCUT2D eigenvalue weighted by Gasteiger charge is -2.32. The van der Waals surface area contributed by atoms with Crippen molar-refractivity contribution in [2.75, 3.05) is 0 Å². The first-order valence-electron chi connectivity index (χ1n) is 8.72. The molecule has 1 saturated carbocycles. The topological polar surface area (TPSA) is 101 Å². The Balaban J connectivity index is 1.73. The highest BCUT2D eigenvalue weighted by Crippen LogP contribution is 2.40. The molecule has 1 amide bonds. The number of likely N-dealkylation sites (tertiary alicyclic amines) is 1. The first-order chi connectivity index (χ1) is 12.0. The number of aryl methyl sites for hydroxylation is 2. The standard InChI is InChI=1S/C17H21N5O3/c1-9-7-10(2)22-17(18-9)19-14(20-22)15(23)21-12-6-4-3-5-11(12)8-13(21)16(24)25/h7,11-13H,3-6,8H2,1-2H3,(H,24,25)/t11-,12-,13-/m0/s1. The summed E-state index contributed by atoms with van der Waals surface area (Å²) in [5, 5.41) is 13.9. The summed E-state index contributed by atoms with van der Waals surface area (Å²) in [5.41, 5.74) is 1.63. The zero-order valence-electron chi connectivity index (χ0n) is 14.3. The normalized spacial score (nSPS) is 26.0. The van der Waals surface area contributed by atoms with E-state index in [1.807, 2.05) is 19.9 Å². The van der Waals surface area contributed by atoms with E-state index in [-0.39, 0.29) is 17.8 Å². The van der Waals surface area contributed by atoms with Crippen LogP contribution in [0.3, 0.4) is 0 Å². The highest BCUT2D eigenvalue weighted by atomic mass is 16.4. The van der Waals surface area contributed by atoms with E-state index in [1.165, 1.54) is 9.42 Å². The van der Waals surface area contributed by atoms with Crippen LogP contribution in [0.2, 0.25) is 0 Å². The van der Waals surface area contributed by atoms with Crippen molar-refractivity contribution in [3.8, 4) is 0 Å². The summed E-state index contributed by atoms with van der Waals surface area (Å²) in [6.07, 6.45) is 4.48. The van der Waals surface area contributed by atoms with Crippen molar-refractivity contribution in [1.82, 2.24) is 24.5 Å². The SMILES string of the molecule is Cc1cc(C)n2nc(C(=O)N3[C@H](C(=O)O)C[C@@H]4CCCC[C@@H]43)nc2n1. The van der Waals surface area contributed by atoms with Gasteiger partial charge in [-0.05, 0) is 45.1 Å². The number of carbonyl (C=O) groups excluding carboxylic acids is 1. The molecule has 1 aliphatic heterocycles. The van der Waals surface area contributed by atoms with Gasteiger partial charge in [-0.25, -0.2) is 14.3 Å². The van der Waals surface area contributed by atoms with Gasteiger partial charge in [0.25, 0.3) is 11.7 Å². The van der Waals surface area contributed by atoms with E-state index in [9.17, 15) is 14.7 Å². The predicted molar refractivity (Wildman–Crippen MR) is 88.2 cm³/mol. The van der Waals surface area contributed by atoms with Crippen molar-refractivity contribution in [2.24, 2.45) is 5.92 Å². The number of carboxylic acids is 1. The Hall–Kier alpha value is -2.51. The Labute approximate surface area is 144 Å². The van der Waals surface area contributed by atoms with Gasteiger partial charge in [-0.2, -0.15) is 4.98 Å². The Kier molecular flexibility index (Phi) is 3.70. The van der Waals surface area contributed by atoms with Crippen molar-refractivity contribution in [3.63, 3.8) is 0 Å². The number of rotatable bonds is 2. The fourth-order valence-corrected chi connectivity index (χ4v) is 4.35. The molecule has 3 heterocycles. The summed E-state index contributed by atoms with van der Waals surface area (Å²) < 4.78 is 1.53. The number of aliphatic carboxylic acids is 1. The van der Waals surface area contributed by atoms with Crippen LogP contribution in [0.1, 0.15) is 54.1 Å². The van der Waals surface area contributed by atoms with Crippen molar-refractivity contribution >= 4 is 17.7 Å². The summed E-state index contributed by atoms with van der Waals surface area (Å²) in [6, 6.07) is 1.05. The Morgan fingerprint density at radius 3 is 2.72 bits per heavy atom. The van der Waals surface area contributed by atoms with Crippen LogP contribution in [0.15, 0.2) is 6.07 Å². The van der Waals surface area contributed by atoms with Crippen LogP contribution in [0, 0.1) is 19.8 Å². The van der Waals surface area contributed by atoms with Crippen LogP contribution in [0.25, 0.3) is 5.78 Å². The largest absolute Gasteiger partial charge is 0.480 e. The molecule has 4 rings (SSSR count). The van der Waals surface area contributed by atoms with Crippen molar-refractivity contribution in [1.29, 1.82) is 0 Å². The third-order valence-electron chi connectivity index (χ3n) is 5.42. The molecule has 1 aliphatic carbocycles. The maximum absolute atomic E-state index is 13.1. The van der Waals surface area contributed by atoms with E-state index in [4.69, 9.17) is 0 Å². The zero-order chi connectivity index (χ0) is 17.7. The highest BCUT2D eigenvalue weighted by Gasteiger charge is 2.48. The smallest absolute Gasteiger partial charge is 0.326 e. The fourth-order valence-electron chi connectivity index (χ4n) is 4.35. The summed E-state index contributed by atoms with van der Waals surface area (Å²) in [5.74, 6) is -0.690. The second-order valence-electron chi connectivity index (χ2n) is 7.10. The van der Waals surface area contributed by atoms with Gasteiger partial charge in [-0.3, -0.25) is 4.79 Å². The molecule has 132 valence electrons. The van der Waals surface area contributed by atoms with Gasteiger partial charge in [0, 0.05) is 17.4 Å². The van der Waals surface area contributed by atoms with E-state index in [0.29, 0.717) is 12.2 Å². The molecule has 0 unspecified atom stereocenters. The van der Waals surface area contributed by atoms with Gasteiger partial charge in [0.2, 0.25) is 5.82 Å². The van der Waals surface area contributed by atoms with Gasteiger partial charge < -0.3 is 10.0 Å². The van der Waals surface area contributed by atoms with Gasteiger partial charge in [0.15, 0.2) is 0 Å². The molecule has 2 aromatic heterocycles. The minimum Gasteiger partial charge on any atom is -0.480 e. The Bertz CT molecular complexity index is 861. The molecule has 25 heavy (non-hydrogen) atoms. The van der Waals surface area contributed by atoms with E-state index < -0.39 is 17.9 Å². The molecule has 2 aliphatic rings. The van der Waals surface area contributed by atoms with Gasteiger partial charge in [-0.1, -0.05) is 12.8 Å². The van der Waals surface area contributed by atoms with Crippen LogP contribution in [0.4, 0.5) is 0 Å². The highest BCUT2D eigenvalue weighted by molar-refractivity contribution is 5.94. The van der Waals surface area contributed by atoms with Gasteiger partial charge in [0.1, 0.15) is 6.04 Å². The van der Waals surface area contributed by atoms with Crippen LogP contribution in [-0.2, 0) is 4.79 Å². The molecule has 0 bridgehead atoms. The van der Waals surface area contributed by atoms with E-state index in [1.54, 1.807) is 0 Å². The molecule has 2 fully saturated rings. The number of carboxylic acid groups (broad SMARTS) is 1. The second kappa shape index (κ2) is 5.79. The number of amides is 1. The fraction of sp³-hybridized carbons (Fsp3) is 0.588. The van der Waals surface area contributed by atoms with Crippen molar-refractivity contribution < 1.29 is 14.7 Å². The number of carbonyl (C=O) groups is 2. The van der Waals surface area contributed by atoms with Crippen LogP contribution >= 0.6 is 0 Å². The van der Waals surface area contributed by atoms with Crippen LogP contribution in [0.5, 0.6) is 0 Å². The summed E-state index contributed by atoms with van der Waals surface area (Å²) in [6.45, 7) is 3.73. The van der Waals surface area contributed by atoms with Gasteiger partial charge in [0.05, 0.1) is 0 Å². The quantitative estimate of drug-likeness (QED) is 0.889. The third-order valence-corrected chi connectivity index (χ3v) is 5.42. The monoisotopic (exact) mass is 343 g/mol.